The molecule has 0 unspecified atom stereocenters. The van der Waals surface area contributed by atoms with Crippen molar-refractivity contribution in [3.05, 3.63) is 17.3 Å². The minimum absolute atomic E-state index is 0.414. The minimum Gasteiger partial charge on any atom is -0.381 e. The number of piperidine rings is 1. The third-order valence-corrected chi connectivity index (χ3v) is 4.83. The number of ether oxygens (including phenoxy) is 1. The van der Waals surface area contributed by atoms with E-state index >= 15 is 0 Å². The lowest BCUT2D eigenvalue weighted by Crippen LogP contribution is -2.37. The van der Waals surface area contributed by atoms with Gasteiger partial charge in [-0.25, -0.2) is 4.98 Å². The van der Waals surface area contributed by atoms with Crippen LogP contribution in [0.1, 0.15) is 18.5 Å². The summed E-state index contributed by atoms with van der Waals surface area (Å²) in [6.45, 7) is 2.06. The molecule has 2 aromatic heterocycles. The lowest BCUT2D eigenvalue weighted by atomic mass is 10.1. The van der Waals surface area contributed by atoms with Crippen molar-refractivity contribution in [1.82, 2.24) is 9.38 Å². The van der Waals surface area contributed by atoms with E-state index in [1.807, 2.05) is 0 Å². The maximum Gasteiger partial charge on any atom is 0.195 e. The van der Waals surface area contributed by atoms with Crippen LogP contribution in [-0.2, 0) is 10.1 Å². The number of hydrogen-bond donors (Lipinski definition) is 0. The highest BCUT2D eigenvalue weighted by molar-refractivity contribution is 9.08. The summed E-state index contributed by atoms with van der Waals surface area (Å²) in [5.74, 6) is 1.13. The van der Waals surface area contributed by atoms with E-state index in [-0.39, 0.29) is 0 Å². The monoisotopic (exact) mass is 329 g/mol. The number of rotatable bonds is 3. The van der Waals surface area contributed by atoms with Gasteiger partial charge in [0.1, 0.15) is 0 Å². The Morgan fingerprint density at radius 1 is 1.50 bits per heavy atom. The molecular weight excluding hydrogens is 314 g/mol. The molecule has 0 amide bonds. The Kier molecular flexibility index (Phi) is 3.59. The molecule has 4 nitrogen and oxygen atoms in total. The molecule has 6 heteroatoms. The first-order chi connectivity index (χ1) is 8.83. The Morgan fingerprint density at radius 2 is 2.28 bits per heavy atom. The third-order valence-electron chi connectivity index (χ3n) is 3.54. The second-order valence-corrected chi connectivity index (χ2v) is 5.93. The van der Waals surface area contributed by atoms with Gasteiger partial charge in [0.15, 0.2) is 10.8 Å². The predicted octanol–water partition coefficient (Wildman–Crippen LogP) is 2.91. The van der Waals surface area contributed by atoms with Crippen LogP contribution in [0.15, 0.2) is 11.6 Å². The summed E-state index contributed by atoms with van der Waals surface area (Å²) >= 11 is 5.26. The van der Waals surface area contributed by atoms with Crippen molar-refractivity contribution < 1.29 is 4.74 Å². The molecule has 0 spiro atoms. The van der Waals surface area contributed by atoms with Crippen molar-refractivity contribution in [3.63, 3.8) is 0 Å². The highest BCUT2D eigenvalue weighted by atomic mass is 79.9. The lowest BCUT2D eigenvalue weighted by molar-refractivity contribution is 0.0818. The van der Waals surface area contributed by atoms with E-state index in [0.29, 0.717) is 6.10 Å². The van der Waals surface area contributed by atoms with Gasteiger partial charge in [-0.2, -0.15) is 0 Å². The highest BCUT2D eigenvalue weighted by Gasteiger charge is 2.23. The Bertz CT molecular complexity index is 530. The maximum atomic E-state index is 5.42. The molecule has 0 atom stereocenters. The molecule has 18 heavy (non-hydrogen) atoms. The van der Waals surface area contributed by atoms with Crippen LogP contribution in [0, 0.1) is 0 Å². The van der Waals surface area contributed by atoms with Gasteiger partial charge >= 0.3 is 0 Å². The smallest absolute Gasteiger partial charge is 0.195 e. The first-order valence-electron chi connectivity index (χ1n) is 6.11. The van der Waals surface area contributed by atoms with Gasteiger partial charge in [0.25, 0.3) is 0 Å². The standard InChI is InChI=1S/C12H16BrN3OS/c1-17-9-2-4-15(5-3-9)11-10(8-13)16-6-7-18-12(16)14-11/h6-7,9H,2-5,8H2,1H3. The van der Waals surface area contributed by atoms with Gasteiger partial charge in [0.05, 0.1) is 11.8 Å². The minimum atomic E-state index is 0.414. The van der Waals surface area contributed by atoms with Crippen molar-refractivity contribution in [2.45, 2.75) is 24.3 Å². The summed E-state index contributed by atoms with van der Waals surface area (Å²) in [4.78, 5) is 8.21. The first kappa shape index (κ1) is 12.4. The van der Waals surface area contributed by atoms with E-state index in [4.69, 9.17) is 9.72 Å². The molecule has 1 aliphatic rings. The average molecular weight is 330 g/mol. The summed E-state index contributed by atoms with van der Waals surface area (Å²) in [7, 11) is 1.80. The van der Waals surface area contributed by atoms with Crippen molar-refractivity contribution >= 4 is 38.0 Å². The van der Waals surface area contributed by atoms with Gasteiger partial charge in [0.2, 0.25) is 0 Å². The Balaban J connectivity index is 1.87. The average Bonchev–Trinajstić information content (AvgIpc) is 2.98. The second kappa shape index (κ2) is 5.19. The van der Waals surface area contributed by atoms with E-state index in [1.165, 1.54) is 5.69 Å². The number of halogens is 1. The molecule has 3 rings (SSSR count). The number of alkyl halides is 1. The van der Waals surface area contributed by atoms with E-state index in [1.54, 1.807) is 18.4 Å². The van der Waals surface area contributed by atoms with Gasteiger partial charge in [-0.3, -0.25) is 4.40 Å². The van der Waals surface area contributed by atoms with Gasteiger partial charge in [0, 0.05) is 37.1 Å². The van der Waals surface area contributed by atoms with Crippen LogP contribution >= 0.6 is 27.3 Å². The number of hydrogen-bond acceptors (Lipinski definition) is 4. The molecule has 3 heterocycles. The molecule has 0 radical (unpaired) electrons. The largest absolute Gasteiger partial charge is 0.381 e. The molecule has 1 fully saturated rings. The molecule has 98 valence electrons. The molecule has 0 aromatic carbocycles. The van der Waals surface area contributed by atoms with Crippen molar-refractivity contribution in [3.8, 4) is 0 Å². The summed E-state index contributed by atoms with van der Waals surface area (Å²) in [6, 6.07) is 0. The molecule has 0 aliphatic carbocycles. The topological polar surface area (TPSA) is 29.8 Å². The number of nitrogens with zero attached hydrogens (tertiary/aromatic N) is 3. The fraction of sp³-hybridized carbons (Fsp3) is 0.583. The number of aromatic nitrogens is 2. The van der Waals surface area contributed by atoms with Crippen LogP contribution in [0.25, 0.3) is 4.96 Å². The molecule has 0 N–H and O–H groups in total. The van der Waals surface area contributed by atoms with Crippen LogP contribution in [0.2, 0.25) is 0 Å². The van der Waals surface area contributed by atoms with Crippen molar-refractivity contribution in [2.75, 3.05) is 25.1 Å². The van der Waals surface area contributed by atoms with Crippen LogP contribution < -0.4 is 4.90 Å². The number of imidazole rings is 1. The third kappa shape index (κ3) is 2.06. The van der Waals surface area contributed by atoms with E-state index in [0.717, 1.165) is 42.0 Å². The highest BCUT2D eigenvalue weighted by Crippen LogP contribution is 2.28. The van der Waals surface area contributed by atoms with Crippen LogP contribution in [0.5, 0.6) is 0 Å². The molecular formula is C12H16BrN3OS. The number of thiazole rings is 1. The van der Waals surface area contributed by atoms with E-state index in [2.05, 4.69) is 36.8 Å². The zero-order chi connectivity index (χ0) is 12.5. The van der Waals surface area contributed by atoms with E-state index < -0.39 is 0 Å². The summed E-state index contributed by atoms with van der Waals surface area (Å²) < 4.78 is 7.59. The van der Waals surface area contributed by atoms with Crippen molar-refractivity contribution in [2.24, 2.45) is 0 Å². The maximum absolute atomic E-state index is 5.42. The van der Waals surface area contributed by atoms with Crippen molar-refractivity contribution in [1.29, 1.82) is 0 Å². The lowest BCUT2D eigenvalue weighted by Gasteiger charge is -2.31. The molecule has 1 saturated heterocycles. The number of anilines is 1. The number of methoxy groups -OCH3 is 1. The normalized spacial score (nSPS) is 17.8. The van der Waals surface area contributed by atoms with Crippen LogP contribution in [0.4, 0.5) is 5.82 Å². The van der Waals surface area contributed by atoms with Crippen LogP contribution in [-0.4, -0.2) is 35.7 Å². The van der Waals surface area contributed by atoms with E-state index in [9.17, 15) is 0 Å². The number of fused-ring (bicyclic) bond motifs is 1. The van der Waals surface area contributed by atoms with Gasteiger partial charge in [-0.15, -0.1) is 11.3 Å². The zero-order valence-corrected chi connectivity index (χ0v) is 12.7. The predicted molar refractivity (Wildman–Crippen MR) is 77.9 cm³/mol. The van der Waals surface area contributed by atoms with Gasteiger partial charge < -0.3 is 9.64 Å². The summed E-state index contributed by atoms with van der Waals surface area (Å²) in [5, 5.41) is 2.92. The Labute approximate surface area is 119 Å². The zero-order valence-electron chi connectivity index (χ0n) is 10.3. The Hall–Kier alpha value is -0.590. The van der Waals surface area contributed by atoms with Gasteiger partial charge in [-0.1, -0.05) is 15.9 Å². The Morgan fingerprint density at radius 3 is 2.94 bits per heavy atom. The second-order valence-electron chi connectivity index (χ2n) is 4.49. The molecule has 0 saturated carbocycles. The fourth-order valence-corrected chi connectivity index (χ4v) is 3.75. The molecule has 1 aliphatic heterocycles. The SMILES string of the molecule is COC1CCN(c2nc3sccn3c2CBr)CC1. The van der Waals surface area contributed by atoms with Gasteiger partial charge in [-0.05, 0) is 12.8 Å². The first-order valence-corrected chi connectivity index (χ1v) is 8.11. The fourth-order valence-electron chi connectivity index (χ4n) is 2.50. The summed E-state index contributed by atoms with van der Waals surface area (Å²) in [6.07, 6.45) is 4.68. The molecule has 2 aromatic rings. The molecule has 0 bridgehead atoms. The summed E-state index contributed by atoms with van der Waals surface area (Å²) in [5.41, 5.74) is 1.25. The quantitative estimate of drug-likeness (QED) is 0.811. The van der Waals surface area contributed by atoms with Crippen LogP contribution in [0.3, 0.4) is 0 Å².